The monoisotopic (exact) mass is 78.1 g/mol. The Balaban J connectivity index is 0. The van der Waals surface area contributed by atoms with Gasteiger partial charge in [0.25, 0.3) is 0 Å². The van der Waals surface area contributed by atoms with Crippen LogP contribution >= 0.6 is 0 Å². The van der Waals surface area contributed by atoms with Gasteiger partial charge in [-0.25, -0.2) is 0 Å². The molecule has 0 saturated carbocycles. The van der Waals surface area contributed by atoms with Crippen LogP contribution in [0.5, 0.6) is 0 Å². The van der Waals surface area contributed by atoms with Crippen LogP contribution in [0.2, 0.25) is 5.82 Å². The van der Waals surface area contributed by atoms with Gasteiger partial charge in [-0.2, -0.15) is 0 Å². The molecule has 0 aliphatic rings. The van der Waals surface area contributed by atoms with Crippen LogP contribution in [0.15, 0.2) is 0 Å². The van der Waals surface area contributed by atoms with E-state index in [9.17, 15) is 0 Å². The summed E-state index contributed by atoms with van der Waals surface area (Å²) >= 11 is 0. The molecule has 0 amide bonds. The first-order valence-corrected chi connectivity index (χ1v) is 2.27. The minimum atomic E-state index is 0. The van der Waals surface area contributed by atoms with Gasteiger partial charge in [0.2, 0.25) is 0 Å². The molecule has 0 rings (SSSR count). The minimum absolute atomic E-state index is 0. The van der Waals surface area contributed by atoms with E-state index in [0.29, 0.717) is 0 Å². The van der Waals surface area contributed by atoms with Crippen molar-refractivity contribution in [3.05, 3.63) is 0 Å². The summed E-state index contributed by atoms with van der Waals surface area (Å²) in [6.07, 6.45) is 1.31. The van der Waals surface area contributed by atoms with Crippen LogP contribution in [-0.2, 0) is 0 Å². The summed E-state index contributed by atoms with van der Waals surface area (Å²) in [6, 6.07) is 0. The zero-order valence-corrected chi connectivity index (χ0v) is 4.28. The Bertz CT molecular complexity index is 21.5. The third kappa shape index (κ3) is 8.82. The number of hydrogen-bond donors (Lipinski definition) is 0. The number of rotatable bonds is 1. The van der Waals surface area contributed by atoms with Gasteiger partial charge in [-0.15, -0.1) is 0 Å². The van der Waals surface area contributed by atoms with E-state index in [1.54, 1.807) is 0 Å². The van der Waals surface area contributed by atoms with Crippen LogP contribution < -0.4 is 0 Å². The van der Waals surface area contributed by atoms with Crippen molar-refractivity contribution in [3.63, 3.8) is 0 Å². The van der Waals surface area contributed by atoms with Crippen LogP contribution in [0, 0.1) is 0 Å². The molecule has 0 nitrogen and oxygen atoms in total. The standard InChI is InChI=1S/C4H11B.Li.H/c1-3-4(2)5;;/h4H,3,5H2,1-2H3;;. The summed E-state index contributed by atoms with van der Waals surface area (Å²) in [6.45, 7) is 4.42. The van der Waals surface area contributed by atoms with E-state index in [1.165, 1.54) is 6.42 Å². The molecule has 0 N–H and O–H groups in total. The van der Waals surface area contributed by atoms with Gasteiger partial charge in [0.15, 0.2) is 0 Å². The molecular formula is C4H12BLi. The Hall–Kier alpha value is 0.662. The van der Waals surface area contributed by atoms with E-state index in [2.05, 4.69) is 21.7 Å². The molecule has 0 spiro atoms. The Kier molecular flexibility index (Phi) is 9.27. The molecule has 0 radical (unpaired) electrons. The molecule has 0 aromatic rings. The molecule has 0 aliphatic heterocycles. The summed E-state index contributed by atoms with van der Waals surface area (Å²) < 4.78 is 0. The maximum absolute atomic E-state index is 2.22. The van der Waals surface area contributed by atoms with Gasteiger partial charge in [-0.3, -0.25) is 0 Å². The Labute approximate surface area is 53.3 Å². The average molecular weight is 77.9 g/mol. The van der Waals surface area contributed by atoms with Gasteiger partial charge in [-0.1, -0.05) is 26.1 Å². The molecule has 0 bridgehead atoms. The second-order valence-electron chi connectivity index (χ2n) is 1.80. The normalized spacial score (nSPS) is 12.3. The van der Waals surface area contributed by atoms with Gasteiger partial charge >= 0.3 is 18.9 Å². The molecule has 32 valence electrons. The molecule has 0 saturated heterocycles. The molecule has 0 aromatic heterocycles. The van der Waals surface area contributed by atoms with E-state index in [-0.39, 0.29) is 18.9 Å². The molecule has 0 heterocycles. The molecule has 1 unspecified atom stereocenters. The Morgan fingerprint density at radius 1 is 1.67 bits per heavy atom. The van der Waals surface area contributed by atoms with E-state index in [0.717, 1.165) is 5.82 Å². The Morgan fingerprint density at radius 3 is 1.83 bits per heavy atom. The zero-order valence-electron chi connectivity index (χ0n) is 4.28. The van der Waals surface area contributed by atoms with Gasteiger partial charge in [0, 0.05) is 0 Å². The molecule has 0 fully saturated rings. The van der Waals surface area contributed by atoms with Crippen molar-refractivity contribution < 1.29 is 0 Å². The summed E-state index contributed by atoms with van der Waals surface area (Å²) in [5.41, 5.74) is 0. The molecule has 0 aromatic carbocycles. The first-order valence-electron chi connectivity index (χ1n) is 2.27. The number of hydrogen-bond acceptors (Lipinski definition) is 0. The predicted octanol–water partition coefficient (Wildman–Crippen LogP) is 0.189. The zero-order chi connectivity index (χ0) is 4.28. The molecule has 6 heavy (non-hydrogen) atoms. The van der Waals surface area contributed by atoms with Crippen LogP contribution in [0.3, 0.4) is 0 Å². The topological polar surface area (TPSA) is 0 Å². The molecule has 2 heteroatoms. The van der Waals surface area contributed by atoms with Crippen molar-refractivity contribution >= 4 is 26.7 Å². The van der Waals surface area contributed by atoms with E-state index < -0.39 is 0 Å². The SMILES string of the molecule is BC(C)CC.[LiH]. The third-order valence-corrected chi connectivity index (χ3v) is 0.816. The van der Waals surface area contributed by atoms with Gasteiger partial charge in [-0.05, 0) is 0 Å². The fraction of sp³-hybridized carbons (Fsp3) is 1.00. The van der Waals surface area contributed by atoms with Crippen molar-refractivity contribution in [2.24, 2.45) is 0 Å². The summed E-state index contributed by atoms with van der Waals surface area (Å²) in [5, 5.41) is 0. The van der Waals surface area contributed by atoms with E-state index >= 15 is 0 Å². The second-order valence-corrected chi connectivity index (χ2v) is 1.80. The summed E-state index contributed by atoms with van der Waals surface area (Å²) in [4.78, 5) is 0. The van der Waals surface area contributed by atoms with Crippen LogP contribution in [0.4, 0.5) is 0 Å². The predicted molar refractivity (Wildman–Crippen MR) is 35.4 cm³/mol. The van der Waals surface area contributed by atoms with Crippen molar-refractivity contribution in [3.8, 4) is 0 Å². The summed E-state index contributed by atoms with van der Waals surface area (Å²) in [7, 11) is 2.22. The van der Waals surface area contributed by atoms with Gasteiger partial charge in [0.05, 0.1) is 0 Å². The van der Waals surface area contributed by atoms with Crippen molar-refractivity contribution in [2.45, 2.75) is 26.1 Å². The summed E-state index contributed by atoms with van der Waals surface area (Å²) in [5.74, 6) is 0.884. The van der Waals surface area contributed by atoms with E-state index in [1.807, 2.05) is 0 Å². The molecule has 0 aliphatic carbocycles. The first kappa shape index (κ1) is 9.83. The molecule has 1 atom stereocenters. The van der Waals surface area contributed by atoms with Crippen LogP contribution in [-0.4, -0.2) is 26.7 Å². The van der Waals surface area contributed by atoms with Gasteiger partial charge in [0.1, 0.15) is 7.85 Å². The van der Waals surface area contributed by atoms with Gasteiger partial charge < -0.3 is 0 Å². The van der Waals surface area contributed by atoms with Crippen molar-refractivity contribution in [2.75, 3.05) is 0 Å². The van der Waals surface area contributed by atoms with Crippen molar-refractivity contribution in [1.29, 1.82) is 0 Å². The average Bonchev–Trinajstić information content (AvgIpc) is 1.38. The van der Waals surface area contributed by atoms with Crippen LogP contribution in [0.25, 0.3) is 0 Å². The maximum atomic E-state index is 2.22. The van der Waals surface area contributed by atoms with E-state index in [4.69, 9.17) is 0 Å². The fourth-order valence-electron chi connectivity index (χ4n) is 0. The first-order chi connectivity index (χ1) is 2.27. The third-order valence-electron chi connectivity index (χ3n) is 0.816. The van der Waals surface area contributed by atoms with Crippen molar-refractivity contribution in [1.82, 2.24) is 0 Å². The van der Waals surface area contributed by atoms with Crippen LogP contribution in [0.1, 0.15) is 20.3 Å². The Morgan fingerprint density at radius 2 is 1.83 bits per heavy atom. The second kappa shape index (κ2) is 5.66. The fourth-order valence-corrected chi connectivity index (χ4v) is 0. The quantitative estimate of drug-likeness (QED) is 0.392. The molecular weight excluding hydrogens is 65.8 g/mol.